The third-order valence-electron chi connectivity index (χ3n) is 6.04. The number of thioether (sulfide) groups is 1. The first-order valence-corrected chi connectivity index (χ1v) is 12.2. The Bertz CT molecular complexity index is 1280. The largest absolute Gasteiger partial charge is 0.376 e. The van der Waals surface area contributed by atoms with Crippen LogP contribution in [0.15, 0.2) is 53.8 Å². The maximum atomic E-state index is 13.4. The van der Waals surface area contributed by atoms with E-state index >= 15 is 0 Å². The summed E-state index contributed by atoms with van der Waals surface area (Å²) in [6.45, 7) is 3.45. The summed E-state index contributed by atoms with van der Waals surface area (Å²) in [4.78, 5) is 16.4. The van der Waals surface area contributed by atoms with E-state index in [-0.39, 0.29) is 23.5 Å². The van der Waals surface area contributed by atoms with Gasteiger partial charge in [0.2, 0.25) is 0 Å². The minimum atomic E-state index is -0.297. The van der Waals surface area contributed by atoms with Crippen LogP contribution in [0, 0.1) is 5.82 Å². The van der Waals surface area contributed by atoms with Gasteiger partial charge in [0.05, 0.1) is 18.4 Å². The number of nitrogens with one attached hydrogen (secondary N) is 1. The van der Waals surface area contributed by atoms with Crippen LogP contribution in [0.1, 0.15) is 35.7 Å². The molecule has 0 bridgehead atoms. The van der Waals surface area contributed by atoms with E-state index in [2.05, 4.69) is 28.2 Å². The van der Waals surface area contributed by atoms with Gasteiger partial charge in [0.15, 0.2) is 16.8 Å². The molecule has 2 aromatic heterocycles. The highest BCUT2D eigenvalue weighted by atomic mass is 32.2. The number of aryl methyl sites for hydroxylation is 1. The third-order valence-corrected chi connectivity index (χ3v) is 7.01. The molecule has 1 saturated heterocycles. The van der Waals surface area contributed by atoms with Gasteiger partial charge in [-0.1, -0.05) is 36.9 Å². The van der Waals surface area contributed by atoms with Gasteiger partial charge in [0, 0.05) is 34.8 Å². The second-order valence-electron chi connectivity index (χ2n) is 8.17. The number of H-pyrrole nitrogens is 1. The number of Topliss-reactive ketones (excluding diaryl/α,β-unsaturated/α-hetero) is 1. The van der Waals surface area contributed by atoms with E-state index in [1.54, 1.807) is 18.3 Å². The van der Waals surface area contributed by atoms with Gasteiger partial charge in [-0.25, -0.2) is 4.39 Å². The molecule has 2 aromatic carbocycles. The fourth-order valence-electron chi connectivity index (χ4n) is 4.31. The molecule has 0 radical (unpaired) electrons. The molecule has 8 heteroatoms. The molecule has 5 rings (SSSR count). The highest BCUT2D eigenvalue weighted by molar-refractivity contribution is 7.99. The van der Waals surface area contributed by atoms with Crippen molar-refractivity contribution in [3.63, 3.8) is 0 Å². The van der Waals surface area contributed by atoms with E-state index < -0.39 is 0 Å². The van der Waals surface area contributed by atoms with Crippen molar-refractivity contribution in [1.29, 1.82) is 0 Å². The quantitative estimate of drug-likeness (QED) is 0.284. The first-order valence-electron chi connectivity index (χ1n) is 11.2. The molecule has 1 atom stereocenters. The average Bonchev–Trinajstić information content (AvgIpc) is 3.58. The standard InChI is InChI=1S/C25H25FN4O2S/c1-2-16-5-3-7-20-21(13-27-23(16)20)22(31)15-33-25-29-28-24(17-8-10-18(26)11-9-17)30(25)14-19-6-4-12-32-19/h3,5,7-11,13,19,27H,2,4,6,12,14-15H2,1H3/t19-/m0/s1. The zero-order chi connectivity index (χ0) is 22.8. The van der Waals surface area contributed by atoms with Gasteiger partial charge in [-0.05, 0) is 49.1 Å². The summed E-state index contributed by atoms with van der Waals surface area (Å²) in [6, 6.07) is 12.3. The highest BCUT2D eigenvalue weighted by Gasteiger charge is 2.23. The third kappa shape index (κ3) is 4.45. The van der Waals surface area contributed by atoms with Crippen molar-refractivity contribution in [3.05, 3.63) is 65.6 Å². The van der Waals surface area contributed by atoms with Crippen molar-refractivity contribution < 1.29 is 13.9 Å². The van der Waals surface area contributed by atoms with E-state index in [1.807, 2.05) is 16.7 Å². The number of hydrogen-bond donors (Lipinski definition) is 1. The van der Waals surface area contributed by atoms with E-state index in [1.165, 1.54) is 29.5 Å². The summed E-state index contributed by atoms with van der Waals surface area (Å²) in [7, 11) is 0. The van der Waals surface area contributed by atoms with Gasteiger partial charge in [-0.15, -0.1) is 10.2 Å². The Morgan fingerprint density at radius 2 is 2.09 bits per heavy atom. The zero-order valence-electron chi connectivity index (χ0n) is 18.4. The molecule has 0 amide bonds. The predicted octanol–water partition coefficient (Wildman–Crippen LogP) is 5.28. The smallest absolute Gasteiger partial charge is 0.192 e. The van der Waals surface area contributed by atoms with Crippen LogP contribution in [-0.4, -0.2) is 44.0 Å². The van der Waals surface area contributed by atoms with E-state index in [9.17, 15) is 9.18 Å². The normalized spacial score (nSPS) is 16.0. The first kappa shape index (κ1) is 21.9. The van der Waals surface area contributed by atoms with Crippen LogP contribution < -0.4 is 0 Å². The molecule has 4 aromatic rings. The lowest BCUT2D eigenvalue weighted by atomic mass is 10.1. The SMILES string of the molecule is CCc1cccc2c(C(=O)CSc3nnc(-c4ccc(F)cc4)n3C[C@@H]3CCCO3)c[nH]c12. The molecule has 1 fully saturated rings. The maximum Gasteiger partial charge on any atom is 0.192 e. The number of benzene rings is 2. The molecule has 0 unspecified atom stereocenters. The lowest BCUT2D eigenvalue weighted by Gasteiger charge is -2.14. The predicted molar refractivity (Wildman–Crippen MR) is 127 cm³/mol. The molecule has 0 spiro atoms. The number of aromatic amines is 1. The number of carbonyl (C=O) groups excluding carboxylic acids is 1. The van der Waals surface area contributed by atoms with Crippen molar-refractivity contribution >= 4 is 28.4 Å². The number of hydrogen-bond acceptors (Lipinski definition) is 5. The molecule has 0 aliphatic carbocycles. The first-order chi connectivity index (χ1) is 16.1. The monoisotopic (exact) mass is 464 g/mol. The Labute approximate surface area is 195 Å². The van der Waals surface area contributed by atoms with Gasteiger partial charge in [0.1, 0.15) is 5.82 Å². The Balaban J connectivity index is 1.40. The van der Waals surface area contributed by atoms with Gasteiger partial charge < -0.3 is 9.72 Å². The lowest BCUT2D eigenvalue weighted by Crippen LogP contribution is -2.17. The zero-order valence-corrected chi connectivity index (χ0v) is 19.2. The van der Waals surface area contributed by atoms with Crippen molar-refractivity contribution in [1.82, 2.24) is 19.7 Å². The Morgan fingerprint density at radius 3 is 2.85 bits per heavy atom. The number of ketones is 1. The molecule has 6 nitrogen and oxygen atoms in total. The second kappa shape index (κ2) is 9.49. The van der Waals surface area contributed by atoms with Crippen molar-refractivity contribution in [2.45, 2.75) is 44.0 Å². The fourth-order valence-corrected chi connectivity index (χ4v) is 5.15. The molecule has 0 saturated carbocycles. The van der Waals surface area contributed by atoms with E-state index in [0.717, 1.165) is 42.3 Å². The molecular weight excluding hydrogens is 439 g/mol. The number of halogens is 1. The summed E-state index contributed by atoms with van der Waals surface area (Å²) in [6.07, 6.45) is 4.78. The summed E-state index contributed by atoms with van der Waals surface area (Å²) < 4.78 is 21.3. The van der Waals surface area contributed by atoms with Gasteiger partial charge in [-0.2, -0.15) is 0 Å². The van der Waals surface area contributed by atoms with E-state index in [4.69, 9.17) is 4.74 Å². The minimum Gasteiger partial charge on any atom is -0.376 e. The van der Waals surface area contributed by atoms with Crippen molar-refractivity contribution in [2.24, 2.45) is 0 Å². The topological polar surface area (TPSA) is 72.8 Å². The number of para-hydroxylation sites is 1. The van der Waals surface area contributed by atoms with Gasteiger partial charge in [-0.3, -0.25) is 9.36 Å². The van der Waals surface area contributed by atoms with Gasteiger partial charge >= 0.3 is 0 Å². The summed E-state index contributed by atoms with van der Waals surface area (Å²) in [5.74, 6) is 0.639. The van der Waals surface area contributed by atoms with Crippen LogP contribution in [0.4, 0.5) is 4.39 Å². The van der Waals surface area contributed by atoms with Crippen LogP contribution >= 0.6 is 11.8 Å². The molecule has 1 aliphatic heterocycles. The summed E-state index contributed by atoms with van der Waals surface area (Å²) in [5, 5.41) is 10.3. The molecule has 33 heavy (non-hydrogen) atoms. The molecular formula is C25H25FN4O2S. The molecule has 3 heterocycles. The van der Waals surface area contributed by atoms with Crippen molar-refractivity contribution in [2.75, 3.05) is 12.4 Å². The fraction of sp³-hybridized carbons (Fsp3) is 0.320. The Morgan fingerprint density at radius 1 is 1.24 bits per heavy atom. The summed E-state index contributed by atoms with van der Waals surface area (Å²) in [5.41, 5.74) is 3.69. The van der Waals surface area contributed by atoms with Crippen LogP contribution in [0.2, 0.25) is 0 Å². The highest BCUT2D eigenvalue weighted by Crippen LogP contribution is 2.29. The number of fused-ring (bicyclic) bond motifs is 1. The Hall–Kier alpha value is -2.97. The van der Waals surface area contributed by atoms with Crippen LogP contribution in [0.25, 0.3) is 22.3 Å². The number of nitrogens with zero attached hydrogens (tertiary/aromatic N) is 3. The second-order valence-corrected chi connectivity index (χ2v) is 9.11. The molecule has 1 N–H and O–H groups in total. The van der Waals surface area contributed by atoms with Crippen molar-refractivity contribution in [3.8, 4) is 11.4 Å². The number of carbonyl (C=O) groups is 1. The minimum absolute atomic E-state index is 0.0366. The van der Waals surface area contributed by atoms with Crippen LogP contribution in [-0.2, 0) is 17.7 Å². The average molecular weight is 465 g/mol. The van der Waals surface area contributed by atoms with E-state index in [0.29, 0.717) is 23.1 Å². The molecule has 170 valence electrons. The Kier molecular flexibility index (Phi) is 6.28. The molecule has 1 aliphatic rings. The number of ether oxygens (including phenoxy) is 1. The lowest BCUT2D eigenvalue weighted by molar-refractivity contribution is 0.0953. The maximum absolute atomic E-state index is 13.4. The summed E-state index contributed by atoms with van der Waals surface area (Å²) >= 11 is 1.37. The number of aromatic nitrogens is 4. The van der Waals surface area contributed by atoms with Crippen LogP contribution in [0.3, 0.4) is 0 Å². The van der Waals surface area contributed by atoms with Crippen LogP contribution in [0.5, 0.6) is 0 Å². The number of rotatable bonds is 8. The van der Waals surface area contributed by atoms with Gasteiger partial charge in [0.25, 0.3) is 0 Å².